The normalized spacial score (nSPS) is 11.0. The van der Waals surface area contributed by atoms with Gasteiger partial charge in [0.05, 0.1) is 6.61 Å². The van der Waals surface area contributed by atoms with Gasteiger partial charge in [0.1, 0.15) is 5.56 Å². The molecule has 0 bridgehead atoms. The fourth-order valence-corrected chi connectivity index (χ4v) is 3.73. The molecule has 23 heavy (non-hydrogen) atoms. The van der Waals surface area contributed by atoms with E-state index < -0.39 is 5.91 Å². The number of carbonyl (C=O) groups is 1. The zero-order valence-corrected chi connectivity index (χ0v) is 14.1. The molecule has 6 nitrogen and oxygen atoms in total. The van der Waals surface area contributed by atoms with Crippen LogP contribution in [0.25, 0.3) is 4.96 Å². The molecule has 8 heteroatoms. The molecule has 0 aliphatic carbocycles. The van der Waals surface area contributed by atoms with Crippen LogP contribution in [-0.4, -0.2) is 38.4 Å². The predicted molar refractivity (Wildman–Crippen MR) is 90.2 cm³/mol. The number of carbonyl (C=O) groups excluding carboxylic acids is 1. The molecular weight excluding hydrogens is 334 g/mol. The number of nitrogens with zero attached hydrogens (tertiary/aromatic N) is 3. The molecule has 0 atom stereocenters. The summed E-state index contributed by atoms with van der Waals surface area (Å²) in [6, 6.07) is 1.92. The second-order valence-electron chi connectivity index (χ2n) is 5.05. The van der Waals surface area contributed by atoms with Crippen molar-refractivity contribution in [1.82, 2.24) is 14.3 Å². The Morgan fingerprint density at radius 3 is 3.00 bits per heavy atom. The number of aliphatic hydroxyl groups excluding tert-OH is 1. The van der Waals surface area contributed by atoms with Crippen molar-refractivity contribution in [2.45, 2.75) is 13.5 Å². The lowest BCUT2D eigenvalue weighted by atomic mass is 10.2. The van der Waals surface area contributed by atoms with Crippen LogP contribution >= 0.6 is 22.7 Å². The van der Waals surface area contributed by atoms with Gasteiger partial charge in [-0.1, -0.05) is 0 Å². The molecule has 0 aliphatic heterocycles. The number of aryl methyl sites for hydroxylation is 1. The Morgan fingerprint density at radius 2 is 2.30 bits per heavy atom. The standard InChI is InChI=1S/C15H15N3O3S2/c1-10-7-18-14(21)12(6-16-15(18)23-10)13(20)17(3-4-19)8-11-2-5-22-9-11/h2,5-7,9,19H,3-4,8H2,1H3. The molecule has 0 saturated heterocycles. The molecule has 0 unspecified atom stereocenters. The quantitative estimate of drug-likeness (QED) is 0.762. The molecule has 3 aromatic rings. The third-order valence-electron chi connectivity index (χ3n) is 3.36. The summed E-state index contributed by atoms with van der Waals surface area (Å²) in [4.78, 5) is 32.4. The van der Waals surface area contributed by atoms with Crippen molar-refractivity contribution in [3.05, 3.63) is 55.6 Å². The third kappa shape index (κ3) is 3.19. The fourth-order valence-electron chi connectivity index (χ4n) is 2.29. The topological polar surface area (TPSA) is 74.9 Å². The molecule has 3 heterocycles. The SMILES string of the molecule is Cc1cn2c(=O)c(C(=O)N(CCO)Cc3ccsc3)cnc2s1. The number of thiophene rings is 1. The summed E-state index contributed by atoms with van der Waals surface area (Å²) >= 11 is 2.94. The summed E-state index contributed by atoms with van der Waals surface area (Å²) in [6.45, 7) is 2.24. The van der Waals surface area contributed by atoms with Crippen molar-refractivity contribution in [3.8, 4) is 0 Å². The van der Waals surface area contributed by atoms with Crippen molar-refractivity contribution in [2.24, 2.45) is 0 Å². The lowest BCUT2D eigenvalue weighted by Gasteiger charge is -2.20. The third-order valence-corrected chi connectivity index (χ3v) is 5.01. The van der Waals surface area contributed by atoms with Crippen molar-refractivity contribution < 1.29 is 9.90 Å². The zero-order chi connectivity index (χ0) is 16.4. The molecule has 1 amide bonds. The van der Waals surface area contributed by atoms with Crippen LogP contribution in [0.2, 0.25) is 0 Å². The van der Waals surface area contributed by atoms with E-state index in [4.69, 9.17) is 0 Å². The number of rotatable bonds is 5. The Balaban J connectivity index is 1.96. The molecule has 0 spiro atoms. The maximum Gasteiger partial charge on any atom is 0.271 e. The Kier molecular flexibility index (Phi) is 4.56. The lowest BCUT2D eigenvalue weighted by molar-refractivity contribution is 0.0705. The maximum atomic E-state index is 12.7. The lowest BCUT2D eigenvalue weighted by Crippen LogP contribution is -2.37. The van der Waals surface area contributed by atoms with Crippen LogP contribution < -0.4 is 5.56 Å². The van der Waals surface area contributed by atoms with E-state index in [9.17, 15) is 14.7 Å². The van der Waals surface area contributed by atoms with Gasteiger partial charge in [-0.05, 0) is 29.3 Å². The molecule has 0 saturated carbocycles. The van der Waals surface area contributed by atoms with E-state index in [1.165, 1.54) is 38.2 Å². The van der Waals surface area contributed by atoms with Gasteiger partial charge in [0.2, 0.25) is 0 Å². The van der Waals surface area contributed by atoms with E-state index in [1.807, 2.05) is 23.8 Å². The minimum Gasteiger partial charge on any atom is -0.395 e. The summed E-state index contributed by atoms with van der Waals surface area (Å²) < 4.78 is 1.40. The van der Waals surface area contributed by atoms with Crippen LogP contribution in [-0.2, 0) is 6.54 Å². The van der Waals surface area contributed by atoms with Gasteiger partial charge >= 0.3 is 0 Å². The van der Waals surface area contributed by atoms with E-state index in [0.29, 0.717) is 11.5 Å². The summed E-state index contributed by atoms with van der Waals surface area (Å²) in [7, 11) is 0. The molecule has 0 aliphatic rings. The van der Waals surface area contributed by atoms with Gasteiger partial charge in [0, 0.05) is 30.4 Å². The second-order valence-corrected chi connectivity index (χ2v) is 7.05. The van der Waals surface area contributed by atoms with E-state index >= 15 is 0 Å². The maximum absolute atomic E-state index is 12.7. The number of aromatic nitrogens is 2. The van der Waals surface area contributed by atoms with Crippen molar-refractivity contribution in [2.75, 3.05) is 13.2 Å². The molecule has 0 radical (unpaired) electrons. The Bertz CT molecular complexity index is 883. The first-order valence-electron chi connectivity index (χ1n) is 6.99. The molecule has 3 aromatic heterocycles. The first-order chi connectivity index (χ1) is 11.1. The second kappa shape index (κ2) is 6.61. The highest BCUT2D eigenvalue weighted by Gasteiger charge is 2.21. The minimum absolute atomic E-state index is 0.0176. The van der Waals surface area contributed by atoms with Crippen molar-refractivity contribution >= 4 is 33.5 Å². The number of thiazole rings is 1. The van der Waals surface area contributed by atoms with E-state index in [-0.39, 0.29) is 24.3 Å². The molecule has 0 fully saturated rings. The molecule has 1 N–H and O–H groups in total. The van der Waals surface area contributed by atoms with Crippen molar-refractivity contribution in [3.63, 3.8) is 0 Å². The van der Waals surface area contributed by atoms with Crippen LogP contribution in [0.15, 0.2) is 34.0 Å². The fraction of sp³-hybridized carbons (Fsp3) is 0.267. The zero-order valence-electron chi connectivity index (χ0n) is 12.4. The highest BCUT2D eigenvalue weighted by atomic mass is 32.1. The summed E-state index contributed by atoms with van der Waals surface area (Å²) in [5.41, 5.74) is 0.610. The van der Waals surface area contributed by atoms with Gasteiger partial charge in [0.25, 0.3) is 11.5 Å². The first-order valence-corrected chi connectivity index (χ1v) is 8.75. The average Bonchev–Trinajstić information content (AvgIpc) is 3.16. The van der Waals surface area contributed by atoms with Gasteiger partial charge < -0.3 is 10.0 Å². The molecule has 120 valence electrons. The van der Waals surface area contributed by atoms with Gasteiger partial charge in [-0.15, -0.1) is 11.3 Å². The van der Waals surface area contributed by atoms with Crippen molar-refractivity contribution in [1.29, 1.82) is 0 Å². The number of aliphatic hydroxyl groups is 1. The Morgan fingerprint density at radius 1 is 1.48 bits per heavy atom. The summed E-state index contributed by atoms with van der Waals surface area (Å²) in [5, 5.41) is 13.1. The predicted octanol–water partition coefficient (Wildman–Crippen LogP) is 1.76. The molecular formula is C15H15N3O3S2. The van der Waals surface area contributed by atoms with E-state index in [1.54, 1.807) is 6.20 Å². The van der Waals surface area contributed by atoms with Crippen LogP contribution in [0.1, 0.15) is 20.8 Å². The molecule has 3 rings (SSSR count). The number of amides is 1. The van der Waals surface area contributed by atoms with Crippen LogP contribution in [0.3, 0.4) is 0 Å². The molecule has 0 aromatic carbocycles. The number of fused-ring (bicyclic) bond motifs is 1. The highest BCUT2D eigenvalue weighted by Crippen LogP contribution is 2.14. The number of hydrogen-bond acceptors (Lipinski definition) is 6. The summed E-state index contributed by atoms with van der Waals surface area (Å²) in [6.07, 6.45) is 3.01. The highest BCUT2D eigenvalue weighted by molar-refractivity contribution is 7.16. The largest absolute Gasteiger partial charge is 0.395 e. The monoisotopic (exact) mass is 349 g/mol. The van der Waals surface area contributed by atoms with Gasteiger partial charge in [-0.3, -0.25) is 14.0 Å². The van der Waals surface area contributed by atoms with Gasteiger partial charge in [0.15, 0.2) is 4.96 Å². The minimum atomic E-state index is -0.416. The van der Waals surface area contributed by atoms with Gasteiger partial charge in [-0.25, -0.2) is 4.98 Å². The van der Waals surface area contributed by atoms with Gasteiger partial charge in [-0.2, -0.15) is 11.3 Å². The Labute approximate surface area is 140 Å². The summed E-state index contributed by atoms with van der Waals surface area (Å²) in [5.74, 6) is -0.416. The van der Waals surface area contributed by atoms with Crippen LogP contribution in [0.4, 0.5) is 0 Å². The van der Waals surface area contributed by atoms with Crippen LogP contribution in [0, 0.1) is 6.92 Å². The van der Waals surface area contributed by atoms with E-state index in [0.717, 1.165) is 10.4 Å². The first kappa shape index (κ1) is 15.9. The van der Waals surface area contributed by atoms with E-state index in [2.05, 4.69) is 4.98 Å². The average molecular weight is 349 g/mol. The smallest absolute Gasteiger partial charge is 0.271 e. The number of hydrogen-bond donors (Lipinski definition) is 1. The van der Waals surface area contributed by atoms with Crippen LogP contribution in [0.5, 0.6) is 0 Å². The Hall–Kier alpha value is -2.03.